The first-order valence-corrected chi connectivity index (χ1v) is 6.13. The number of thiazole rings is 1. The van der Waals surface area contributed by atoms with E-state index < -0.39 is 11.9 Å². The number of carbonyl (C=O) groups excluding carboxylic acids is 1. The molecule has 0 aliphatic heterocycles. The van der Waals surface area contributed by atoms with Crippen molar-refractivity contribution in [2.45, 2.75) is 6.04 Å². The Bertz CT molecular complexity index is 515. The van der Waals surface area contributed by atoms with Crippen LogP contribution in [0, 0.1) is 0 Å². The molecule has 0 spiro atoms. The standard InChI is InChI=1S/C11H10ClN3OS/c12-7-3-1-2-4-8(7)15-10(11(13)16)9-5-14-6-17-9/h1-6,10,15H,(H2,13,16). The average molecular weight is 268 g/mol. The smallest absolute Gasteiger partial charge is 0.245 e. The van der Waals surface area contributed by atoms with E-state index in [4.69, 9.17) is 17.3 Å². The lowest BCUT2D eigenvalue weighted by Gasteiger charge is -2.15. The van der Waals surface area contributed by atoms with Gasteiger partial charge in [-0.05, 0) is 12.1 Å². The van der Waals surface area contributed by atoms with Gasteiger partial charge >= 0.3 is 0 Å². The molecule has 1 aromatic carbocycles. The molecule has 88 valence electrons. The lowest BCUT2D eigenvalue weighted by molar-refractivity contribution is -0.118. The van der Waals surface area contributed by atoms with Crippen molar-refractivity contribution in [3.63, 3.8) is 0 Å². The molecule has 2 rings (SSSR count). The minimum Gasteiger partial charge on any atom is -0.368 e. The van der Waals surface area contributed by atoms with Crippen LogP contribution in [0.1, 0.15) is 10.9 Å². The maximum atomic E-state index is 11.4. The molecule has 1 aromatic heterocycles. The number of aromatic nitrogens is 1. The van der Waals surface area contributed by atoms with Crippen molar-refractivity contribution in [1.82, 2.24) is 4.98 Å². The normalized spacial score (nSPS) is 12.1. The Morgan fingerprint density at radius 1 is 1.47 bits per heavy atom. The van der Waals surface area contributed by atoms with Gasteiger partial charge in [-0.15, -0.1) is 11.3 Å². The Morgan fingerprint density at radius 2 is 2.24 bits per heavy atom. The van der Waals surface area contributed by atoms with Crippen LogP contribution in [0.5, 0.6) is 0 Å². The molecule has 6 heteroatoms. The van der Waals surface area contributed by atoms with Crippen molar-refractivity contribution in [2.24, 2.45) is 5.73 Å². The number of para-hydroxylation sites is 1. The third-order valence-corrected chi connectivity index (χ3v) is 3.36. The largest absolute Gasteiger partial charge is 0.368 e. The molecular weight excluding hydrogens is 258 g/mol. The third kappa shape index (κ3) is 2.75. The predicted molar refractivity (Wildman–Crippen MR) is 69.1 cm³/mol. The highest BCUT2D eigenvalue weighted by Crippen LogP contribution is 2.27. The van der Waals surface area contributed by atoms with E-state index in [1.165, 1.54) is 11.3 Å². The quantitative estimate of drug-likeness (QED) is 0.894. The van der Waals surface area contributed by atoms with Gasteiger partial charge in [-0.25, -0.2) is 0 Å². The van der Waals surface area contributed by atoms with E-state index in [1.807, 2.05) is 12.1 Å². The number of primary amides is 1. The summed E-state index contributed by atoms with van der Waals surface area (Å²) in [6, 6.07) is 6.58. The van der Waals surface area contributed by atoms with Crippen molar-refractivity contribution >= 4 is 34.5 Å². The van der Waals surface area contributed by atoms with Crippen molar-refractivity contribution in [3.05, 3.63) is 45.9 Å². The van der Waals surface area contributed by atoms with Crippen molar-refractivity contribution in [2.75, 3.05) is 5.32 Å². The average Bonchev–Trinajstić information content (AvgIpc) is 2.81. The van der Waals surface area contributed by atoms with Crippen LogP contribution < -0.4 is 11.1 Å². The van der Waals surface area contributed by atoms with E-state index in [1.54, 1.807) is 23.8 Å². The molecular formula is C11H10ClN3OS. The van der Waals surface area contributed by atoms with E-state index in [-0.39, 0.29) is 0 Å². The van der Waals surface area contributed by atoms with Gasteiger partial charge in [-0.1, -0.05) is 23.7 Å². The van der Waals surface area contributed by atoms with E-state index in [0.29, 0.717) is 10.7 Å². The van der Waals surface area contributed by atoms with Crippen LogP contribution in [0.15, 0.2) is 36.0 Å². The second-order valence-electron chi connectivity index (χ2n) is 3.36. The van der Waals surface area contributed by atoms with Crippen LogP contribution in [0.2, 0.25) is 5.02 Å². The van der Waals surface area contributed by atoms with Crippen LogP contribution in [-0.4, -0.2) is 10.9 Å². The second-order valence-corrected chi connectivity index (χ2v) is 4.69. The van der Waals surface area contributed by atoms with E-state index in [2.05, 4.69) is 10.3 Å². The molecule has 0 aliphatic rings. The van der Waals surface area contributed by atoms with Crippen LogP contribution in [0.4, 0.5) is 5.69 Å². The van der Waals surface area contributed by atoms with Crippen molar-refractivity contribution in [1.29, 1.82) is 0 Å². The minimum atomic E-state index is -0.609. The number of nitrogens with one attached hydrogen (secondary N) is 1. The zero-order valence-electron chi connectivity index (χ0n) is 8.76. The van der Waals surface area contributed by atoms with Crippen LogP contribution in [0.3, 0.4) is 0 Å². The first-order chi connectivity index (χ1) is 8.18. The number of halogens is 1. The molecule has 2 aromatic rings. The summed E-state index contributed by atoms with van der Waals surface area (Å²) in [4.78, 5) is 16.1. The fourth-order valence-electron chi connectivity index (χ4n) is 1.38. The van der Waals surface area contributed by atoms with Gasteiger partial charge in [0.1, 0.15) is 6.04 Å². The minimum absolute atomic E-state index is 0.464. The SMILES string of the molecule is NC(=O)C(Nc1ccccc1Cl)c1cncs1. The van der Waals surface area contributed by atoms with Gasteiger partial charge in [0.25, 0.3) is 0 Å². The molecule has 1 heterocycles. The third-order valence-electron chi connectivity index (χ3n) is 2.19. The van der Waals surface area contributed by atoms with Gasteiger partial charge in [0, 0.05) is 6.20 Å². The highest BCUT2D eigenvalue weighted by molar-refractivity contribution is 7.09. The molecule has 0 bridgehead atoms. The van der Waals surface area contributed by atoms with E-state index in [9.17, 15) is 4.79 Å². The first-order valence-electron chi connectivity index (χ1n) is 4.87. The van der Waals surface area contributed by atoms with Gasteiger partial charge in [0.15, 0.2) is 0 Å². The number of rotatable bonds is 4. The number of nitrogens with two attached hydrogens (primary N) is 1. The highest BCUT2D eigenvalue weighted by atomic mass is 35.5. The van der Waals surface area contributed by atoms with Crippen LogP contribution in [-0.2, 0) is 4.79 Å². The lowest BCUT2D eigenvalue weighted by atomic mass is 10.2. The Kier molecular flexibility index (Phi) is 3.61. The number of benzene rings is 1. The molecule has 4 nitrogen and oxygen atoms in total. The molecule has 1 unspecified atom stereocenters. The summed E-state index contributed by atoms with van der Waals surface area (Å²) >= 11 is 7.37. The fourth-order valence-corrected chi connectivity index (χ4v) is 2.25. The maximum Gasteiger partial charge on any atom is 0.245 e. The summed E-state index contributed by atoms with van der Waals surface area (Å²) in [7, 11) is 0. The highest BCUT2D eigenvalue weighted by Gasteiger charge is 2.19. The molecule has 0 aliphatic carbocycles. The van der Waals surface area contributed by atoms with Gasteiger partial charge in [-0.3, -0.25) is 9.78 Å². The second kappa shape index (κ2) is 5.16. The molecule has 0 saturated heterocycles. The fraction of sp³-hybridized carbons (Fsp3) is 0.0909. The van der Waals surface area contributed by atoms with E-state index >= 15 is 0 Å². The Morgan fingerprint density at radius 3 is 2.82 bits per heavy atom. The maximum absolute atomic E-state index is 11.4. The number of carbonyl (C=O) groups is 1. The zero-order chi connectivity index (χ0) is 12.3. The number of anilines is 1. The number of hydrogen-bond donors (Lipinski definition) is 2. The van der Waals surface area contributed by atoms with Crippen LogP contribution in [0.25, 0.3) is 0 Å². The summed E-state index contributed by atoms with van der Waals surface area (Å²) in [6.07, 6.45) is 1.62. The number of hydrogen-bond acceptors (Lipinski definition) is 4. The van der Waals surface area contributed by atoms with Crippen molar-refractivity contribution < 1.29 is 4.79 Å². The van der Waals surface area contributed by atoms with E-state index in [0.717, 1.165) is 4.88 Å². The molecule has 0 radical (unpaired) electrons. The lowest BCUT2D eigenvalue weighted by Crippen LogP contribution is -2.27. The van der Waals surface area contributed by atoms with Gasteiger partial charge < -0.3 is 11.1 Å². The summed E-state index contributed by atoms with van der Waals surface area (Å²) in [5.41, 5.74) is 7.69. The molecule has 0 fully saturated rings. The zero-order valence-corrected chi connectivity index (χ0v) is 10.3. The van der Waals surface area contributed by atoms with Gasteiger partial charge in [0.05, 0.1) is 21.1 Å². The first kappa shape index (κ1) is 11.9. The summed E-state index contributed by atoms with van der Waals surface area (Å²) in [6.45, 7) is 0. The Balaban J connectivity index is 2.26. The Hall–Kier alpha value is -1.59. The van der Waals surface area contributed by atoms with Gasteiger partial charge in [0.2, 0.25) is 5.91 Å². The van der Waals surface area contributed by atoms with Crippen LogP contribution >= 0.6 is 22.9 Å². The van der Waals surface area contributed by atoms with Crippen molar-refractivity contribution in [3.8, 4) is 0 Å². The van der Waals surface area contributed by atoms with Gasteiger partial charge in [-0.2, -0.15) is 0 Å². The topological polar surface area (TPSA) is 68.0 Å². The monoisotopic (exact) mass is 267 g/mol. The molecule has 0 saturated carbocycles. The summed E-state index contributed by atoms with van der Waals surface area (Å²) < 4.78 is 0. The predicted octanol–water partition coefficient (Wildman–Crippen LogP) is 2.44. The summed E-state index contributed by atoms with van der Waals surface area (Å²) in [5, 5.41) is 3.56. The molecule has 17 heavy (non-hydrogen) atoms. The molecule has 1 amide bonds. The molecule has 1 atom stereocenters. The Labute approximate surface area is 107 Å². The number of nitrogens with zero attached hydrogens (tertiary/aromatic N) is 1. The summed E-state index contributed by atoms with van der Waals surface area (Å²) in [5.74, 6) is -0.464. The number of amides is 1. The molecule has 3 N–H and O–H groups in total.